The van der Waals surface area contributed by atoms with E-state index in [0.717, 1.165) is 4.31 Å². The molecule has 1 aromatic rings. The predicted octanol–water partition coefficient (Wildman–Crippen LogP) is 0.942. The van der Waals surface area contributed by atoms with Crippen LogP contribution in [0.25, 0.3) is 0 Å². The number of amides is 1. The Morgan fingerprint density at radius 3 is 2.53 bits per heavy atom. The fraction of sp³-hybridized carbons (Fsp3) is 0.300. The molecule has 19 heavy (non-hydrogen) atoms. The van der Waals surface area contributed by atoms with Crippen molar-refractivity contribution in [3.8, 4) is 0 Å². The summed E-state index contributed by atoms with van der Waals surface area (Å²) in [6.45, 7) is -0.322. The first kappa shape index (κ1) is 16.0. The van der Waals surface area contributed by atoms with Gasteiger partial charge in [0.1, 0.15) is 4.90 Å². The summed E-state index contributed by atoms with van der Waals surface area (Å²) in [5, 5.41) is 2.34. The summed E-state index contributed by atoms with van der Waals surface area (Å²) < 4.78 is 25.3. The van der Waals surface area contributed by atoms with Gasteiger partial charge in [-0.1, -0.05) is 23.2 Å². The van der Waals surface area contributed by atoms with Crippen LogP contribution in [0.3, 0.4) is 0 Å². The molecule has 1 rings (SSSR count). The minimum absolute atomic E-state index is 0.0160. The molecule has 0 atom stereocenters. The van der Waals surface area contributed by atoms with E-state index < -0.39 is 15.9 Å². The summed E-state index contributed by atoms with van der Waals surface area (Å²) in [7, 11) is -1.23. The number of carbonyl (C=O) groups excluding carboxylic acids is 1. The van der Waals surface area contributed by atoms with Crippen LogP contribution in [0.2, 0.25) is 10.0 Å². The summed E-state index contributed by atoms with van der Waals surface area (Å²) >= 11 is 11.6. The van der Waals surface area contributed by atoms with Crippen LogP contribution < -0.4 is 11.1 Å². The molecule has 9 heteroatoms. The van der Waals surface area contributed by atoms with Crippen LogP contribution in [0.4, 0.5) is 5.69 Å². The van der Waals surface area contributed by atoms with Gasteiger partial charge in [-0.2, -0.15) is 4.31 Å². The van der Waals surface area contributed by atoms with E-state index in [1.165, 1.54) is 26.2 Å². The lowest BCUT2D eigenvalue weighted by atomic mass is 10.3. The van der Waals surface area contributed by atoms with Gasteiger partial charge in [-0.05, 0) is 12.1 Å². The Hall–Kier alpha value is -1.02. The van der Waals surface area contributed by atoms with Crippen molar-refractivity contribution in [1.82, 2.24) is 9.62 Å². The van der Waals surface area contributed by atoms with Gasteiger partial charge in [0.15, 0.2) is 0 Å². The van der Waals surface area contributed by atoms with Crippen molar-refractivity contribution in [2.24, 2.45) is 0 Å². The molecule has 0 saturated heterocycles. The largest absolute Gasteiger partial charge is 0.396 e. The molecule has 0 aliphatic heterocycles. The molecule has 0 radical (unpaired) electrons. The average Bonchev–Trinajstić information content (AvgIpc) is 2.35. The highest BCUT2D eigenvalue weighted by atomic mass is 35.5. The summed E-state index contributed by atoms with van der Waals surface area (Å²) in [6, 6.07) is 2.58. The van der Waals surface area contributed by atoms with E-state index in [0.29, 0.717) is 0 Å². The van der Waals surface area contributed by atoms with Crippen LogP contribution >= 0.6 is 23.2 Å². The van der Waals surface area contributed by atoms with Crippen LogP contribution in [0.5, 0.6) is 0 Å². The van der Waals surface area contributed by atoms with Crippen LogP contribution in [-0.2, 0) is 14.8 Å². The molecule has 1 aromatic carbocycles. The summed E-state index contributed by atoms with van der Waals surface area (Å²) in [6.07, 6.45) is 0. The van der Waals surface area contributed by atoms with Gasteiger partial charge in [0.2, 0.25) is 15.9 Å². The van der Waals surface area contributed by atoms with Gasteiger partial charge in [-0.15, -0.1) is 0 Å². The van der Waals surface area contributed by atoms with Gasteiger partial charge < -0.3 is 11.1 Å². The number of hydrogen-bond donors (Lipinski definition) is 2. The van der Waals surface area contributed by atoms with Crippen molar-refractivity contribution >= 4 is 44.8 Å². The maximum atomic E-state index is 12.2. The highest BCUT2D eigenvalue weighted by Gasteiger charge is 2.26. The molecule has 0 aliphatic rings. The second-order valence-electron chi connectivity index (χ2n) is 3.71. The molecule has 0 spiro atoms. The third-order valence-electron chi connectivity index (χ3n) is 2.42. The van der Waals surface area contributed by atoms with E-state index >= 15 is 0 Å². The number of halogens is 2. The first-order valence-corrected chi connectivity index (χ1v) is 7.31. The monoisotopic (exact) mass is 325 g/mol. The van der Waals surface area contributed by atoms with Crippen molar-refractivity contribution in [3.05, 3.63) is 22.2 Å². The molecule has 3 N–H and O–H groups in total. The van der Waals surface area contributed by atoms with E-state index in [2.05, 4.69) is 5.32 Å². The predicted molar refractivity (Wildman–Crippen MR) is 74.8 cm³/mol. The number of benzene rings is 1. The van der Waals surface area contributed by atoms with Crippen LogP contribution in [0, 0.1) is 0 Å². The Morgan fingerprint density at radius 2 is 2.00 bits per heavy atom. The Balaban J connectivity index is 3.21. The van der Waals surface area contributed by atoms with Gasteiger partial charge in [0.25, 0.3) is 0 Å². The fourth-order valence-electron chi connectivity index (χ4n) is 1.28. The molecule has 0 saturated carbocycles. The zero-order valence-corrected chi connectivity index (χ0v) is 12.6. The number of hydrogen-bond acceptors (Lipinski definition) is 4. The lowest BCUT2D eigenvalue weighted by Gasteiger charge is -2.17. The molecule has 1 amide bonds. The van der Waals surface area contributed by atoms with Crippen LogP contribution in [0.15, 0.2) is 17.0 Å². The molecule has 0 aliphatic carbocycles. The molecule has 0 unspecified atom stereocenters. The molecule has 6 nitrogen and oxygen atoms in total. The van der Waals surface area contributed by atoms with Crippen molar-refractivity contribution in [2.75, 3.05) is 26.4 Å². The number of carbonyl (C=O) groups is 1. The lowest BCUT2D eigenvalue weighted by Crippen LogP contribution is -2.37. The average molecular weight is 326 g/mol. The second-order valence-corrected chi connectivity index (χ2v) is 6.51. The number of nitrogens with zero attached hydrogens (tertiary/aromatic N) is 1. The van der Waals surface area contributed by atoms with Gasteiger partial charge in [0, 0.05) is 14.1 Å². The highest BCUT2D eigenvalue weighted by molar-refractivity contribution is 7.89. The third-order valence-corrected chi connectivity index (χ3v) is 5.12. The lowest BCUT2D eigenvalue weighted by molar-refractivity contribution is -0.120. The SMILES string of the molecule is CNC(=O)CN(C)S(=O)(=O)c1ccc(Cl)c(N)c1Cl. The Kier molecular flexibility index (Phi) is 5.03. The first-order valence-electron chi connectivity index (χ1n) is 5.12. The van der Waals surface area contributed by atoms with E-state index in [4.69, 9.17) is 28.9 Å². The number of rotatable bonds is 4. The number of likely N-dealkylation sites (N-methyl/N-ethyl adjacent to an activating group) is 2. The van der Waals surface area contributed by atoms with Gasteiger partial charge in [-0.25, -0.2) is 8.42 Å². The minimum Gasteiger partial charge on any atom is -0.396 e. The van der Waals surface area contributed by atoms with E-state index in [9.17, 15) is 13.2 Å². The second kappa shape index (κ2) is 5.96. The highest BCUT2D eigenvalue weighted by Crippen LogP contribution is 2.34. The first-order chi connectivity index (χ1) is 8.71. The number of nitrogens with one attached hydrogen (secondary N) is 1. The van der Waals surface area contributed by atoms with Crippen molar-refractivity contribution in [2.45, 2.75) is 4.90 Å². The van der Waals surface area contributed by atoms with E-state index in [-0.39, 0.29) is 27.2 Å². The molecular weight excluding hydrogens is 313 g/mol. The Bertz CT molecular complexity index is 604. The fourth-order valence-corrected chi connectivity index (χ4v) is 3.15. The molecule has 106 valence electrons. The Morgan fingerprint density at radius 1 is 1.42 bits per heavy atom. The topological polar surface area (TPSA) is 92.5 Å². The molecule has 0 bridgehead atoms. The zero-order chi connectivity index (χ0) is 14.8. The normalized spacial score (nSPS) is 11.6. The quantitative estimate of drug-likeness (QED) is 0.806. The zero-order valence-electron chi connectivity index (χ0n) is 10.3. The smallest absolute Gasteiger partial charge is 0.244 e. The molecular formula is C10H13Cl2N3O3S. The maximum absolute atomic E-state index is 12.2. The Labute approximate surface area is 121 Å². The van der Waals surface area contributed by atoms with E-state index in [1.807, 2.05) is 0 Å². The standard InChI is InChI=1S/C10H13Cl2N3O3S/c1-14-8(16)5-15(2)19(17,18)7-4-3-6(11)10(13)9(7)12/h3-4H,5,13H2,1-2H3,(H,14,16). The maximum Gasteiger partial charge on any atom is 0.244 e. The van der Waals surface area contributed by atoms with Crippen molar-refractivity contribution < 1.29 is 13.2 Å². The van der Waals surface area contributed by atoms with Crippen molar-refractivity contribution in [1.29, 1.82) is 0 Å². The third kappa shape index (κ3) is 3.30. The summed E-state index contributed by atoms with van der Waals surface area (Å²) in [4.78, 5) is 11.0. The summed E-state index contributed by atoms with van der Waals surface area (Å²) in [5.41, 5.74) is 5.56. The molecule has 0 heterocycles. The number of nitrogens with two attached hydrogens (primary N) is 1. The summed E-state index contributed by atoms with van der Waals surface area (Å²) in [5.74, 6) is -0.441. The van der Waals surface area contributed by atoms with Gasteiger partial charge >= 0.3 is 0 Å². The van der Waals surface area contributed by atoms with Gasteiger partial charge in [0.05, 0.1) is 22.3 Å². The van der Waals surface area contributed by atoms with Gasteiger partial charge in [-0.3, -0.25) is 4.79 Å². The number of nitrogen functional groups attached to an aromatic ring is 1. The number of sulfonamides is 1. The number of anilines is 1. The van der Waals surface area contributed by atoms with Crippen molar-refractivity contribution in [3.63, 3.8) is 0 Å². The molecule has 0 fully saturated rings. The van der Waals surface area contributed by atoms with Crippen LogP contribution in [-0.4, -0.2) is 39.3 Å². The molecule has 0 aromatic heterocycles. The van der Waals surface area contributed by atoms with Crippen LogP contribution in [0.1, 0.15) is 0 Å². The van der Waals surface area contributed by atoms with E-state index in [1.54, 1.807) is 0 Å². The minimum atomic E-state index is -3.91.